The zero-order chi connectivity index (χ0) is 20.4. The molecule has 0 aliphatic carbocycles. The molecule has 2 rings (SSSR count). The highest BCUT2D eigenvalue weighted by atomic mass is 16.5. The van der Waals surface area contributed by atoms with Gasteiger partial charge < -0.3 is 20.5 Å². The molecule has 0 atom stereocenters. The average molecular weight is 384 g/mol. The van der Waals surface area contributed by atoms with Crippen LogP contribution >= 0.6 is 0 Å². The number of aryl methyl sites for hydroxylation is 2. The van der Waals surface area contributed by atoms with E-state index in [1.165, 1.54) is 5.56 Å². The summed E-state index contributed by atoms with van der Waals surface area (Å²) in [4.78, 5) is 22.7. The van der Waals surface area contributed by atoms with Crippen LogP contribution in [0.2, 0.25) is 0 Å². The lowest BCUT2D eigenvalue weighted by molar-refractivity contribution is -0.118. The molecular formula is C22H28N2O4. The van der Waals surface area contributed by atoms with Crippen LogP contribution in [0.15, 0.2) is 42.5 Å². The van der Waals surface area contributed by atoms with Crippen molar-refractivity contribution in [2.24, 2.45) is 5.73 Å². The Morgan fingerprint density at radius 2 is 1.68 bits per heavy atom. The van der Waals surface area contributed by atoms with Crippen molar-refractivity contribution in [2.45, 2.75) is 39.5 Å². The van der Waals surface area contributed by atoms with Crippen molar-refractivity contribution in [3.8, 4) is 11.5 Å². The van der Waals surface area contributed by atoms with Crippen LogP contribution < -0.4 is 20.5 Å². The lowest BCUT2D eigenvalue weighted by Crippen LogP contribution is -2.14. The Bertz CT molecular complexity index is 788. The van der Waals surface area contributed by atoms with Gasteiger partial charge in [-0.2, -0.15) is 0 Å². The van der Waals surface area contributed by atoms with E-state index in [1.807, 2.05) is 26.0 Å². The fourth-order valence-corrected chi connectivity index (χ4v) is 2.56. The molecule has 0 aliphatic heterocycles. The molecule has 6 heteroatoms. The zero-order valence-corrected chi connectivity index (χ0v) is 16.5. The molecule has 0 bridgehead atoms. The molecule has 0 saturated carbocycles. The van der Waals surface area contributed by atoms with E-state index < -0.39 is 5.91 Å². The summed E-state index contributed by atoms with van der Waals surface area (Å²) in [6, 6.07) is 13.2. The van der Waals surface area contributed by atoms with Crippen LogP contribution in [0.25, 0.3) is 0 Å². The maximum atomic E-state index is 12.0. The number of hydrogen-bond donors (Lipinski definition) is 2. The number of anilines is 1. The van der Waals surface area contributed by atoms with Crippen LogP contribution in [-0.2, 0) is 9.59 Å². The quantitative estimate of drug-likeness (QED) is 0.577. The number of carbonyl (C=O) groups excluding carboxylic acids is 2. The van der Waals surface area contributed by atoms with Gasteiger partial charge in [-0.05, 0) is 68.1 Å². The number of carbonyl (C=O) groups is 2. The van der Waals surface area contributed by atoms with Crippen molar-refractivity contribution in [3.63, 3.8) is 0 Å². The number of primary amides is 1. The van der Waals surface area contributed by atoms with E-state index in [-0.39, 0.29) is 18.9 Å². The predicted molar refractivity (Wildman–Crippen MR) is 110 cm³/mol. The van der Waals surface area contributed by atoms with Crippen LogP contribution in [-0.4, -0.2) is 25.0 Å². The minimum Gasteiger partial charge on any atom is -0.493 e. The fourth-order valence-electron chi connectivity index (χ4n) is 2.56. The van der Waals surface area contributed by atoms with Crippen molar-refractivity contribution < 1.29 is 19.1 Å². The van der Waals surface area contributed by atoms with Gasteiger partial charge in [0.05, 0.1) is 19.6 Å². The van der Waals surface area contributed by atoms with Gasteiger partial charge in [-0.3, -0.25) is 9.59 Å². The van der Waals surface area contributed by atoms with Gasteiger partial charge in [-0.15, -0.1) is 0 Å². The SMILES string of the molecule is Cc1ccc(C)c(OCCCCC(=O)Nc2ccc(OCCC(N)=O)cc2)c1. The van der Waals surface area contributed by atoms with E-state index in [1.54, 1.807) is 24.3 Å². The summed E-state index contributed by atoms with van der Waals surface area (Å²) in [5.74, 6) is 1.10. The third-order valence-corrected chi connectivity index (χ3v) is 4.15. The van der Waals surface area contributed by atoms with Gasteiger partial charge >= 0.3 is 0 Å². The molecular weight excluding hydrogens is 356 g/mol. The molecule has 0 unspecified atom stereocenters. The first-order valence-electron chi connectivity index (χ1n) is 9.45. The Morgan fingerprint density at radius 3 is 2.39 bits per heavy atom. The second-order valence-corrected chi connectivity index (χ2v) is 6.71. The molecule has 3 N–H and O–H groups in total. The summed E-state index contributed by atoms with van der Waals surface area (Å²) in [7, 11) is 0. The third kappa shape index (κ3) is 7.70. The van der Waals surface area contributed by atoms with Gasteiger partial charge in [-0.25, -0.2) is 0 Å². The molecule has 0 heterocycles. The van der Waals surface area contributed by atoms with Crippen molar-refractivity contribution in [1.82, 2.24) is 0 Å². The minimum atomic E-state index is -0.400. The van der Waals surface area contributed by atoms with Crippen molar-refractivity contribution in [2.75, 3.05) is 18.5 Å². The Labute approximate surface area is 166 Å². The first-order valence-corrected chi connectivity index (χ1v) is 9.45. The number of rotatable bonds is 11. The lowest BCUT2D eigenvalue weighted by atomic mass is 10.1. The van der Waals surface area contributed by atoms with Crippen molar-refractivity contribution >= 4 is 17.5 Å². The molecule has 0 radical (unpaired) electrons. The van der Waals surface area contributed by atoms with Crippen molar-refractivity contribution in [1.29, 1.82) is 0 Å². The molecule has 2 aromatic rings. The summed E-state index contributed by atoms with van der Waals surface area (Å²) in [5.41, 5.74) is 8.06. The van der Waals surface area contributed by atoms with Gasteiger partial charge in [0.2, 0.25) is 11.8 Å². The second-order valence-electron chi connectivity index (χ2n) is 6.71. The van der Waals surface area contributed by atoms with E-state index in [9.17, 15) is 9.59 Å². The average Bonchev–Trinajstić information content (AvgIpc) is 2.65. The van der Waals surface area contributed by atoms with Crippen LogP contribution in [0.5, 0.6) is 11.5 Å². The van der Waals surface area contributed by atoms with Crippen LogP contribution in [0.1, 0.15) is 36.8 Å². The number of amides is 2. The Hall–Kier alpha value is -3.02. The highest BCUT2D eigenvalue weighted by Gasteiger charge is 2.04. The maximum absolute atomic E-state index is 12.0. The first-order chi connectivity index (χ1) is 13.4. The molecule has 28 heavy (non-hydrogen) atoms. The Balaban J connectivity index is 1.64. The fraction of sp³-hybridized carbons (Fsp3) is 0.364. The third-order valence-electron chi connectivity index (χ3n) is 4.15. The normalized spacial score (nSPS) is 10.4. The first kappa shape index (κ1) is 21.3. The topological polar surface area (TPSA) is 90.7 Å². The molecule has 0 saturated heterocycles. The second kappa shape index (κ2) is 11.0. The molecule has 0 fully saturated rings. The highest BCUT2D eigenvalue weighted by molar-refractivity contribution is 5.90. The van der Waals surface area contributed by atoms with Gasteiger partial charge in [-0.1, -0.05) is 12.1 Å². The van der Waals surface area contributed by atoms with E-state index in [0.717, 1.165) is 24.2 Å². The number of unbranched alkanes of at least 4 members (excludes halogenated alkanes) is 1. The summed E-state index contributed by atoms with van der Waals surface area (Å²) < 4.78 is 11.2. The molecule has 2 aromatic carbocycles. The number of hydrogen-bond acceptors (Lipinski definition) is 4. The molecule has 150 valence electrons. The van der Waals surface area contributed by atoms with Gasteiger partial charge in [0.1, 0.15) is 11.5 Å². The number of nitrogens with one attached hydrogen (secondary N) is 1. The smallest absolute Gasteiger partial charge is 0.224 e. The number of benzene rings is 2. The molecule has 0 aliphatic rings. The van der Waals surface area contributed by atoms with Crippen LogP contribution in [0.4, 0.5) is 5.69 Å². The molecule has 6 nitrogen and oxygen atoms in total. The van der Waals surface area contributed by atoms with E-state index in [0.29, 0.717) is 24.5 Å². The number of ether oxygens (including phenoxy) is 2. The zero-order valence-electron chi connectivity index (χ0n) is 16.5. The molecule has 0 spiro atoms. The summed E-state index contributed by atoms with van der Waals surface area (Å²) >= 11 is 0. The summed E-state index contributed by atoms with van der Waals surface area (Å²) in [6.45, 7) is 4.90. The summed E-state index contributed by atoms with van der Waals surface area (Å²) in [5, 5.41) is 2.86. The highest BCUT2D eigenvalue weighted by Crippen LogP contribution is 2.19. The predicted octanol–water partition coefficient (Wildman–Crippen LogP) is 3.75. The molecule has 2 amide bonds. The monoisotopic (exact) mass is 384 g/mol. The van der Waals surface area contributed by atoms with E-state index in [2.05, 4.69) is 11.4 Å². The van der Waals surface area contributed by atoms with E-state index in [4.69, 9.17) is 15.2 Å². The van der Waals surface area contributed by atoms with Gasteiger partial charge in [0.25, 0.3) is 0 Å². The Morgan fingerprint density at radius 1 is 0.929 bits per heavy atom. The van der Waals surface area contributed by atoms with Crippen LogP contribution in [0, 0.1) is 13.8 Å². The maximum Gasteiger partial charge on any atom is 0.224 e. The Kier molecular flexibility index (Phi) is 8.34. The van der Waals surface area contributed by atoms with Crippen LogP contribution in [0.3, 0.4) is 0 Å². The number of nitrogens with two attached hydrogens (primary N) is 1. The van der Waals surface area contributed by atoms with Gasteiger partial charge in [0, 0.05) is 12.1 Å². The van der Waals surface area contributed by atoms with Crippen molar-refractivity contribution in [3.05, 3.63) is 53.6 Å². The van der Waals surface area contributed by atoms with Gasteiger partial charge in [0.15, 0.2) is 0 Å². The standard InChI is InChI=1S/C22H28N2O4/c1-16-6-7-17(2)20(15-16)28-13-4-3-5-22(26)24-18-8-10-19(11-9-18)27-14-12-21(23)25/h6-11,15H,3-5,12-14H2,1-2H3,(H2,23,25)(H,24,26). The molecule has 0 aromatic heterocycles. The largest absolute Gasteiger partial charge is 0.493 e. The van der Waals surface area contributed by atoms with E-state index >= 15 is 0 Å². The lowest BCUT2D eigenvalue weighted by Gasteiger charge is -2.10. The summed E-state index contributed by atoms with van der Waals surface area (Å²) in [6.07, 6.45) is 2.18. The minimum absolute atomic E-state index is 0.0332.